The van der Waals surface area contributed by atoms with Gasteiger partial charge < -0.3 is 9.84 Å². The third-order valence-corrected chi connectivity index (χ3v) is 4.30. The van der Waals surface area contributed by atoms with Gasteiger partial charge in [0, 0.05) is 0 Å². The fourth-order valence-electron chi connectivity index (χ4n) is 2.47. The number of phenols is 1. The van der Waals surface area contributed by atoms with E-state index in [-0.39, 0.29) is 21.5 Å². The summed E-state index contributed by atoms with van der Waals surface area (Å²) in [6.45, 7) is 0. The van der Waals surface area contributed by atoms with Crippen LogP contribution in [0.25, 0.3) is 6.08 Å². The van der Waals surface area contributed by atoms with Crippen molar-refractivity contribution < 1.29 is 19.4 Å². The Morgan fingerprint density at radius 3 is 2.65 bits per heavy atom. The number of nitrogens with one attached hydrogen (secondary N) is 1. The zero-order valence-corrected chi connectivity index (χ0v) is 15.1. The van der Waals surface area contributed by atoms with Crippen LogP contribution in [0.3, 0.4) is 0 Å². The Morgan fingerprint density at radius 1 is 1.23 bits per heavy atom. The predicted octanol–water partition coefficient (Wildman–Crippen LogP) is 2.89. The number of rotatable bonds is 3. The normalized spacial score (nSPS) is 16.0. The van der Waals surface area contributed by atoms with E-state index in [1.165, 1.54) is 36.3 Å². The summed E-state index contributed by atoms with van der Waals surface area (Å²) in [5.74, 6) is -0.862. The molecule has 2 aromatic rings. The number of hydrogen-bond acceptors (Lipinski definition) is 5. The minimum absolute atomic E-state index is 0.0367. The average Bonchev–Trinajstić information content (AvgIpc) is 2.62. The quantitative estimate of drug-likeness (QED) is 0.480. The van der Waals surface area contributed by atoms with Gasteiger partial charge in [0.2, 0.25) is 0 Å². The third-order valence-electron chi connectivity index (χ3n) is 3.71. The first kappa shape index (κ1) is 17.9. The molecule has 3 rings (SSSR count). The number of methoxy groups -OCH3 is 1. The van der Waals surface area contributed by atoms with Crippen LogP contribution in [-0.2, 0) is 9.59 Å². The summed E-state index contributed by atoms with van der Waals surface area (Å²) in [6.07, 6.45) is 1.38. The van der Waals surface area contributed by atoms with Gasteiger partial charge in [0.05, 0.1) is 17.8 Å². The van der Waals surface area contributed by atoms with Crippen molar-refractivity contribution >= 4 is 52.5 Å². The van der Waals surface area contributed by atoms with Crippen molar-refractivity contribution in [1.82, 2.24) is 5.32 Å². The van der Waals surface area contributed by atoms with Crippen LogP contribution in [0.2, 0.25) is 5.02 Å². The number of carbonyl (C=O) groups is 2. The maximum atomic E-state index is 12.9. The number of para-hydroxylation sites is 2. The molecule has 0 spiro atoms. The van der Waals surface area contributed by atoms with E-state index in [0.717, 1.165) is 0 Å². The Labute approximate surface area is 159 Å². The highest BCUT2D eigenvalue weighted by molar-refractivity contribution is 7.80. The lowest BCUT2D eigenvalue weighted by Crippen LogP contribution is -2.54. The van der Waals surface area contributed by atoms with Gasteiger partial charge in [-0.25, -0.2) is 4.90 Å². The minimum Gasteiger partial charge on any atom is -0.506 e. The lowest BCUT2D eigenvalue weighted by molar-refractivity contribution is -0.122. The Morgan fingerprint density at radius 2 is 1.96 bits per heavy atom. The molecule has 0 saturated carbocycles. The molecule has 2 aromatic carbocycles. The molecule has 1 heterocycles. The summed E-state index contributed by atoms with van der Waals surface area (Å²) in [6, 6.07) is 11.2. The van der Waals surface area contributed by atoms with Crippen molar-refractivity contribution in [3.63, 3.8) is 0 Å². The number of halogens is 1. The van der Waals surface area contributed by atoms with E-state index in [4.69, 9.17) is 28.6 Å². The van der Waals surface area contributed by atoms with Crippen LogP contribution in [0.4, 0.5) is 5.69 Å². The first-order chi connectivity index (χ1) is 12.4. The van der Waals surface area contributed by atoms with Crippen LogP contribution in [0.5, 0.6) is 11.5 Å². The highest BCUT2D eigenvalue weighted by Crippen LogP contribution is 2.31. The van der Waals surface area contributed by atoms with Crippen molar-refractivity contribution in [3.8, 4) is 11.5 Å². The number of nitrogens with zero attached hydrogens (tertiary/aromatic N) is 1. The summed E-state index contributed by atoms with van der Waals surface area (Å²) in [5, 5.41) is 12.1. The Kier molecular flexibility index (Phi) is 4.92. The highest BCUT2D eigenvalue weighted by atomic mass is 35.5. The molecule has 26 heavy (non-hydrogen) atoms. The van der Waals surface area contributed by atoms with Crippen molar-refractivity contribution in [2.75, 3.05) is 12.0 Å². The fourth-order valence-corrected chi connectivity index (χ4v) is 2.93. The number of ether oxygens (including phenoxy) is 1. The maximum absolute atomic E-state index is 12.9. The number of carbonyl (C=O) groups excluding carboxylic acids is 2. The zero-order valence-electron chi connectivity index (χ0n) is 13.5. The monoisotopic (exact) mass is 388 g/mol. The van der Waals surface area contributed by atoms with Gasteiger partial charge in [0.25, 0.3) is 11.8 Å². The van der Waals surface area contributed by atoms with Crippen LogP contribution in [0, 0.1) is 0 Å². The van der Waals surface area contributed by atoms with Gasteiger partial charge in [0.15, 0.2) is 5.11 Å². The SMILES string of the molecule is COc1ccccc1N1C(=O)/C(=C/c2ccc(O)c(Cl)c2)C(=O)NC1=S. The molecule has 0 aromatic heterocycles. The standard InChI is InChI=1S/C18H13ClN2O4S/c1-25-15-5-3-2-4-13(15)21-17(24)11(16(23)20-18(21)26)8-10-6-7-14(22)12(19)9-10/h2-9,22H,1H3,(H,20,23,26)/b11-8+. The number of thiocarbonyl (C=S) groups is 1. The molecule has 1 aliphatic rings. The van der Waals surface area contributed by atoms with Gasteiger partial charge in [-0.2, -0.15) is 0 Å². The molecule has 0 aliphatic carbocycles. The molecule has 0 bridgehead atoms. The molecule has 1 aliphatic heterocycles. The van der Waals surface area contributed by atoms with E-state index in [1.54, 1.807) is 24.3 Å². The molecule has 132 valence electrons. The van der Waals surface area contributed by atoms with E-state index in [9.17, 15) is 14.7 Å². The summed E-state index contributed by atoms with van der Waals surface area (Å²) < 4.78 is 5.27. The molecule has 6 nitrogen and oxygen atoms in total. The maximum Gasteiger partial charge on any atom is 0.270 e. The van der Waals surface area contributed by atoms with Gasteiger partial charge in [-0.05, 0) is 48.1 Å². The first-order valence-electron chi connectivity index (χ1n) is 7.45. The second kappa shape index (κ2) is 7.15. The van der Waals surface area contributed by atoms with Gasteiger partial charge in [-0.3, -0.25) is 14.9 Å². The molecule has 0 unspecified atom stereocenters. The van der Waals surface area contributed by atoms with E-state index >= 15 is 0 Å². The number of phenolic OH excluding ortho intramolecular Hbond substituents is 1. The first-order valence-corrected chi connectivity index (χ1v) is 8.24. The number of anilines is 1. The van der Waals surface area contributed by atoms with Gasteiger partial charge in [0.1, 0.15) is 17.1 Å². The number of benzene rings is 2. The van der Waals surface area contributed by atoms with Gasteiger partial charge in [-0.15, -0.1) is 0 Å². The molecular weight excluding hydrogens is 376 g/mol. The Bertz CT molecular complexity index is 958. The Hall–Kier alpha value is -2.90. The van der Waals surface area contributed by atoms with Gasteiger partial charge >= 0.3 is 0 Å². The third kappa shape index (κ3) is 3.26. The highest BCUT2D eigenvalue weighted by Gasteiger charge is 2.35. The minimum atomic E-state index is -0.615. The van der Waals surface area contributed by atoms with Crippen LogP contribution >= 0.6 is 23.8 Å². The predicted molar refractivity (Wildman–Crippen MR) is 102 cm³/mol. The topological polar surface area (TPSA) is 78.9 Å². The van der Waals surface area contributed by atoms with E-state index in [2.05, 4.69) is 5.32 Å². The smallest absolute Gasteiger partial charge is 0.270 e. The summed E-state index contributed by atoms with van der Waals surface area (Å²) in [5.41, 5.74) is 0.782. The number of amides is 2. The van der Waals surface area contributed by atoms with Crippen LogP contribution in [0.1, 0.15) is 5.56 Å². The van der Waals surface area contributed by atoms with Crippen molar-refractivity contribution in [2.24, 2.45) is 0 Å². The van der Waals surface area contributed by atoms with E-state index in [0.29, 0.717) is 17.0 Å². The second-order valence-corrected chi connectivity index (χ2v) is 6.13. The zero-order chi connectivity index (χ0) is 18.8. The lowest BCUT2D eigenvalue weighted by Gasteiger charge is -2.29. The van der Waals surface area contributed by atoms with Crippen molar-refractivity contribution in [3.05, 3.63) is 58.6 Å². The number of aromatic hydroxyl groups is 1. The lowest BCUT2D eigenvalue weighted by atomic mass is 10.1. The summed E-state index contributed by atoms with van der Waals surface area (Å²) in [7, 11) is 1.48. The molecule has 8 heteroatoms. The van der Waals surface area contributed by atoms with Gasteiger partial charge in [-0.1, -0.05) is 29.8 Å². The molecule has 0 radical (unpaired) electrons. The second-order valence-electron chi connectivity index (χ2n) is 5.34. The molecule has 1 saturated heterocycles. The summed E-state index contributed by atoms with van der Waals surface area (Å²) >= 11 is 11.0. The van der Waals surface area contributed by atoms with Crippen LogP contribution in [-0.4, -0.2) is 29.1 Å². The van der Waals surface area contributed by atoms with Crippen LogP contribution in [0.15, 0.2) is 48.0 Å². The molecule has 1 fully saturated rings. The molecular formula is C18H13ClN2O4S. The largest absolute Gasteiger partial charge is 0.506 e. The van der Waals surface area contributed by atoms with Crippen molar-refractivity contribution in [2.45, 2.75) is 0 Å². The van der Waals surface area contributed by atoms with Crippen LogP contribution < -0.4 is 15.0 Å². The molecule has 2 N–H and O–H groups in total. The number of hydrogen-bond donors (Lipinski definition) is 2. The molecule has 0 atom stereocenters. The fraction of sp³-hybridized carbons (Fsp3) is 0.0556. The van der Waals surface area contributed by atoms with E-state index in [1.807, 2.05) is 0 Å². The Balaban J connectivity index is 2.05. The van der Waals surface area contributed by atoms with Crippen molar-refractivity contribution in [1.29, 1.82) is 0 Å². The summed E-state index contributed by atoms with van der Waals surface area (Å²) in [4.78, 5) is 26.4. The van der Waals surface area contributed by atoms with E-state index < -0.39 is 11.8 Å². The molecule has 2 amide bonds. The average molecular weight is 389 g/mol.